The molecule has 0 spiro atoms. The van der Waals surface area contributed by atoms with Crippen molar-refractivity contribution < 1.29 is 19.1 Å². The van der Waals surface area contributed by atoms with Gasteiger partial charge >= 0.3 is 6.09 Å². The Hall–Kier alpha value is -1.52. The molecule has 0 aliphatic rings. The number of alkyl carbamates (subject to hydrolysis) is 1. The van der Waals surface area contributed by atoms with Gasteiger partial charge in [-0.25, -0.2) is 4.79 Å². The van der Waals surface area contributed by atoms with E-state index in [0.717, 1.165) is 0 Å². The van der Waals surface area contributed by atoms with E-state index in [1.165, 1.54) is 20.3 Å². The number of amides is 2. The molecule has 0 heterocycles. The normalized spacial score (nSPS) is 10.5. The van der Waals surface area contributed by atoms with Gasteiger partial charge in [0.05, 0.1) is 20.0 Å². The van der Waals surface area contributed by atoms with Crippen LogP contribution in [0.15, 0.2) is 11.8 Å². The molecule has 0 saturated carbocycles. The molecule has 0 unspecified atom stereocenters. The summed E-state index contributed by atoms with van der Waals surface area (Å²) in [5, 5.41) is 2.02. The second-order valence-corrected chi connectivity index (χ2v) is 2.21. The second-order valence-electron chi connectivity index (χ2n) is 2.21. The van der Waals surface area contributed by atoms with Crippen LogP contribution < -0.4 is 5.32 Å². The SMILES string of the molecule is CCOC(=O)NC(=O)/C(C)=C/OC. The number of methoxy groups -OCH3 is 1. The Labute approximate surface area is 76.7 Å². The molecule has 0 atom stereocenters. The lowest BCUT2D eigenvalue weighted by Crippen LogP contribution is -2.31. The molecule has 0 rings (SSSR count). The number of carbonyl (C=O) groups excluding carboxylic acids is 2. The van der Waals surface area contributed by atoms with E-state index in [2.05, 4.69) is 9.47 Å². The Morgan fingerprint density at radius 1 is 1.46 bits per heavy atom. The summed E-state index contributed by atoms with van der Waals surface area (Å²) in [5.74, 6) is -0.528. The van der Waals surface area contributed by atoms with Crippen molar-refractivity contribution in [3.63, 3.8) is 0 Å². The van der Waals surface area contributed by atoms with Gasteiger partial charge in [0.1, 0.15) is 0 Å². The first kappa shape index (κ1) is 11.5. The van der Waals surface area contributed by atoms with Crippen LogP contribution >= 0.6 is 0 Å². The summed E-state index contributed by atoms with van der Waals surface area (Å²) in [6.07, 6.45) is 0.491. The minimum absolute atomic E-state index is 0.228. The summed E-state index contributed by atoms with van der Waals surface area (Å²) in [5.41, 5.74) is 0.301. The lowest BCUT2D eigenvalue weighted by Gasteiger charge is -2.03. The zero-order valence-electron chi connectivity index (χ0n) is 7.92. The third-order valence-corrected chi connectivity index (χ3v) is 1.14. The molecular weight excluding hydrogens is 174 g/mol. The summed E-state index contributed by atoms with van der Waals surface area (Å²) in [4.78, 5) is 21.8. The number of imide groups is 1. The first-order valence-electron chi connectivity index (χ1n) is 3.79. The smallest absolute Gasteiger partial charge is 0.414 e. The summed E-state index contributed by atoms with van der Waals surface area (Å²) in [6, 6.07) is 0. The molecule has 0 aromatic heterocycles. The van der Waals surface area contributed by atoms with Crippen LogP contribution in [-0.2, 0) is 14.3 Å². The Bertz CT molecular complexity index is 222. The Kier molecular flexibility index (Phi) is 5.34. The van der Waals surface area contributed by atoms with Crippen LogP contribution in [0.2, 0.25) is 0 Å². The fraction of sp³-hybridized carbons (Fsp3) is 0.500. The first-order valence-corrected chi connectivity index (χ1v) is 3.79. The largest absolute Gasteiger partial charge is 0.504 e. The van der Waals surface area contributed by atoms with Crippen molar-refractivity contribution in [1.29, 1.82) is 0 Å². The summed E-state index contributed by atoms with van der Waals surface area (Å²) in [7, 11) is 1.42. The highest BCUT2D eigenvalue weighted by atomic mass is 16.5. The zero-order chi connectivity index (χ0) is 10.3. The van der Waals surface area contributed by atoms with Gasteiger partial charge in [0, 0.05) is 5.57 Å². The van der Waals surface area contributed by atoms with Crippen LogP contribution in [0.1, 0.15) is 13.8 Å². The van der Waals surface area contributed by atoms with Crippen LogP contribution in [-0.4, -0.2) is 25.7 Å². The van der Waals surface area contributed by atoms with Crippen molar-refractivity contribution in [1.82, 2.24) is 5.32 Å². The molecular formula is C8H13NO4. The van der Waals surface area contributed by atoms with Crippen LogP contribution in [0.5, 0.6) is 0 Å². The highest BCUT2D eigenvalue weighted by molar-refractivity contribution is 6.01. The highest BCUT2D eigenvalue weighted by Crippen LogP contribution is 1.92. The highest BCUT2D eigenvalue weighted by Gasteiger charge is 2.09. The van der Waals surface area contributed by atoms with Crippen molar-refractivity contribution >= 4 is 12.0 Å². The minimum atomic E-state index is -0.753. The summed E-state index contributed by atoms with van der Waals surface area (Å²) < 4.78 is 9.09. The van der Waals surface area contributed by atoms with Crippen molar-refractivity contribution in [3.8, 4) is 0 Å². The van der Waals surface area contributed by atoms with Gasteiger partial charge in [-0.15, -0.1) is 0 Å². The number of hydrogen-bond acceptors (Lipinski definition) is 4. The van der Waals surface area contributed by atoms with Crippen molar-refractivity contribution in [3.05, 3.63) is 11.8 Å². The number of nitrogens with one attached hydrogen (secondary N) is 1. The van der Waals surface area contributed by atoms with Crippen molar-refractivity contribution in [2.45, 2.75) is 13.8 Å². The van der Waals surface area contributed by atoms with Gasteiger partial charge < -0.3 is 9.47 Å². The van der Waals surface area contributed by atoms with Crippen LogP contribution in [0.4, 0.5) is 4.79 Å². The number of carbonyl (C=O) groups is 2. The molecule has 13 heavy (non-hydrogen) atoms. The van der Waals surface area contributed by atoms with E-state index >= 15 is 0 Å². The monoisotopic (exact) mass is 187 g/mol. The maximum atomic E-state index is 11.1. The van der Waals surface area contributed by atoms with Crippen molar-refractivity contribution in [2.24, 2.45) is 0 Å². The van der Waals surface area contributed by atoms with Gasteiger partial charge in [-0.05, 0) is 13.8 Å². The molecule has 0 aromatic rings. The van der Waals surface area contributed by atoms with E-state index in [9.17, 15) is 9.59 Å². The maximum Gasteiger partial charge on any atom is 0.414 e. The van der Waals surface area contributed by atoms with E-state index in [4.69, 9.17) is 0 Å². The van der Waals surface area contributed by atoms with E-state index in [1.54, 1.807) is 6.92 Å². The summed E-state index contributed by atoms with van der Waals surface area (Å²) >= 11 is 0. The molecule has 0 fully saturated rings. The van der Waals surface area contributed by atoms with E-state index < -0.39 is 12.0 Å². The van der Waals surface area contributed by atoms with Gasteiger partial charge in [-0.1, -0.05) is 0 Å². The first-order chi connectivity index (χ1) is 6.11. The zero-order valence-corrected chi connectivity index (χ0v) is 7.92. The van der Waals surface area contributed by atoms with Crippen molar-refractivity contribution in [2.75, 3.05) is 13.7 Å². The lowest BCUT2D eigenvalue weighted by molar-refractivity contribution is -0.116. The van der Waals surface area contributed by atoms with Crippen LogP contribution in [0.25, 0.3) is 0 Å². The average molecular weight is 187 g/mol. The van der Waals surface area contributed by atoms with Gasteiger partial charge in [-0.2, -0.15) is 0 Å². The molecule has 74 valence electrons. The van der Waals surface area contributed by atoms with E-state index in [-0.39, 0.29) is 6.61 Å². The van der Waals surface area contributed by atoms with Gasteiger partial charge in [0.25, 0.3) is 5.91 Å². The fourth-order valence-electron chi connectivity index (χ4n) is 0.589. The molecule has 0 saturated heterocycles. The summed E-state index contributed by atoms with van der Waals surface area (Å²) in [6.45, 7) is 3.41. The third kappa shape index (κ3) is 4.84. The minimum Gasteiger partial charge on any atom is -0.504 e. The molecule has 0 aliphatic carbocycles. The molecule has 1 N–H and O–H groups in total. The molecule has 5 heteroatoms. The number of hydrogen-bond donors (Lipinski definition) is 1. The number of rotatable bonds is 3. The average Bonchev–Trinajstić information content (AvgIpc) is 2.05. The third-order valence-electron chi connectivity index (χ3n) is 1.14. The predicted octanol–water partition coefficient (Wildman–Crippen LogP) is 0.809. The Morgan fingerprint density at radius 3 is 2.54 bits per heavy atom. The quantitative estimate of drug-likeness (QED) is 0.524. The second kappa shape index (κ2) is 6.05. The maximum absolute atomic E-state index is 11.1. The fourth-order valence-corrected chi connectivity index (χ4v) is 0.589. The van der Waals surface area contributed by atoms with E-state index in [0.29, 0.717) is 5.57 Å². The molecule has 2 amide bonds. The Balaban J connectivity index is 4.00. The standard InChI is InChI=1S/C8H13NO4/c1-4-13-8(11)9-7(10)6(2)5-12-3/h5H,4H2,1-3H3,(H,9,10,11)/b6-5+. The van der Waals surface area contributed by atoms with E-state index in [1.807, 2.05) is 5.32 Å². The molecule has 5 nitrogen and oxygen atoms in total. The Morgan fingerprint density at radius 2 is 2.08 bits per heavy atom. The van der Waals surface area contributed by atoms with Crippen LogP contribution in [0, 0.1) is 0 Å². The lowest BCUT2D eigenvalue weighted by atomic mass is 10.3. The van der Waals surface area contributed by atoms with Gasteiger partial charge in [0.15, 0.2) is 0 Å². The van der Waals surface area contributed by atoms with Gasteiger partial charge in [-0.3, -0.25) is 10.1 Å². The topological polar surface area (TPSA) is 64.6 Å². The predicted molar refractivity (Wildman–Crippen MR) is 45.9 cm³/mol. The molecule has 0 aromatic carbocycles. The molecule has 0 radical (unpaired) electrons. The molecule has 0 aliphatic heterocycles. The van der Waals surface area contributed by atoms with Gasteiger partial charge in [0.2, 0.25) is 0 Å². The van der Waals surface area contributed by atoms with Crippen LogP contribution in [0.3, 0.4) is 0 Å². The molecule has 0 bridgehead atoms. The number of ether oxygens (including phenoxy) is 2.